The summed E-state index contributed by atoms with van der Waals surface area (Å²) in [6.45, 7) is 4.02. The van der Waals surface area contributed by atoms with E-state index in [1.807, 2.05) is 32.2 Å². The van der Waals surface area contributed by atoms with Gasteiger partial charge in [-0.2, -0.15) is 0 Å². The summed E-state index contributed by atoms with van der Waals surface area (Å²) in [6.07, 6.45) is 2.86. The summed E-state index contributed by atoms with van der Waals surface area (Å²) in [5.41, 5.74) is 8.04. The number of nitrogens with zero attached hydrogens (tertiary/aromatic N) is 2. The van der Waals surface area contributed by atoms with E-state index < -0.39 is 0 Å². The summed E-state index contributed by atoms with van der Waals surface area (Å²) in [4.78, 5) is 4.51. The SMILES string of the molecule is Cc1nc(CC(C)N)c2ccccn12.Cl. The van der Waals surface area contributed by atoms with Crippen molar-refractivity contribution in [3.63, 3.8) is 0 Å². The lowest BCUT2D eigenvalue weighted by Gasteiger charge is -2.01. The van der Waals surface area contributed by atoms with Gasteiger partial charge in [0.05, 0.1) is 11.2 Å². The van der Waals surface area contributed by atoms with Crippen molar-refractivity contribution in [1.29, 1.82) is 0 Å². The van der Waals surface area contributed by atoms with Gasteiger partial charge in [-0.25, -0.2) is 4.98 Å². The molecule has 0 bridgehead atoms. The lowest BCUT2D eigenvalue weighted by atomic mass is 10.2. The van der Waals surface area contributed by atoms with Crippen molar-refractivity contribution in [2.45, 2.75) is 26.3 Å². The molecule has 0 spiro atoms. The highest BCUT2D eigenvalue weighted by molar-refractivity contribution is 5.85. The minimum Gasteiger partial charge on any atom is -0.328 e. The fourth-order valence-electron chi connectivity index (χ4n) is 1.72. The van der Waals surface area contributed by atoms with Gasteiger partial charge in [0.2, 0.25) is 0 Å². The molecular formula is C11H16ClN3. The third-order valence-corrected chi connectivity index (χ3v) is 2.32. The Bertz CT molecular complexity index is 448. The molecule has 2 aromatic rings. The molecule has 15 heavy (non-hydrogen) atoms. The Morgan fingerprint density at radius 1 is 1.47 bits per heavy atom. The molecule has 3 nitrogen and oxygen atoms in total. The second-order valence-electron chi connectivity index (χ2n) is 3.74. The first-order chi connectivity index (χ1) is 6.68. The van der Waals surface area contributed by atoms with E-state index in [1.165, 1.54) is 5.52 Å². The van der Waals surface area contributed by atoms with Crippen molar-refractivity contribution in [1.82, 2.24) is 9.38 Å². The first kappa shape index (κ1) is 12.0. The first-order valence-corrected chi connectivity index (χ1v) is 4.86. The summed E-state index contributed by atoms with van der Waals surface area (Å²) >= 11 is 0. The quantitative estimate of drug-likeness (QED) is 0.849. The number of rotatable bonds is 2. The summed E-state index contributed by atoms with van der Waals surface area (Å²) in [5.74, 6) is 1.02. The number of aromatic nitrogens is 2. The zero-order chi connectivity index (χ0) is 10.1. The Kier molecular flexibility index (Phi) is 3.72. The second-order valence-corrected chi connectivity index (χ2v) is 3.74. The molecule has 2 aromatic heterocycles. The Labute approximate surface area is 95.7 Å². The van der Waals surface area contributed by atoms with Crippen LogP contribution in [0.4, 0.5) is 0 Å². The maximum atomic E-state index is 5.78. The molecule has 1 atom stereocenters. The number of fused-ring (bicyclic) bond motifs is 1. The van der Waals surface area contributed by atoms with Crippen LogP contribution >= 0.6 is 12.4 Å². The van der Waals surface area contributed by atoms with Crippen molar-refractivity contribution in [2.75, 3.05) is 0 Å². The third-order valence-electron chi connectivity index (χ3n) is 2.32. The summed E-state index contributed by atoms with van der Waals surface area (Å²) < 4.78 is 2.09. The predicted molar refractivity (Wildman–Crippen MR) is 64.5 cm³/mol. The van der Waals surface area contributed by atoms with Crippen molar-refractivity contribution in [2.24, 2.45) is 5.73 Å². The Hall–Kier alpha value is -1.06. The van der Waals surface area contributed by atoms with E-state index in [1.54, 1.807) is 0 Å². The molecule has 0 saturated carbocycles. The number of hydrogen-bond acceptors (Lipinski definition) is 2. The highest BCUT2D eigenvalue weighted by Gasteiger charge is 2.08. The van der Waals surface area contributed by atoms with Gasteiger partial charge in [-0.15, -0.1) is 12.4 Å². The van der Waals surface area contributed by atoms with Crippen LogP contribution in [-0.2, 0) is 6.42 Å². The van der Waals surface area contributed by atoms with Gasteiger partial charge in [0.15, 0.2) is 0 Å². The molecule has 2 heterocycles. The Morgan fingerprint density at radius 3 is 2.87 bits per heavy atom. The van der Waals surface area contributed by atoms with Crippen molar-refractivity contribution in [3.8, 4) is 0 Å². The summed E-state index contributed by atoms with van der Waals surface area (Å²) in [5, 5.41) is 0. The molecule has 0 amide bonds. The molecular weight excluding hydrogens is 210 g/mol. The Balaban J connectivity index is 0.00000112. The average molecular weight is 226 g/mol. The molecule has 0 aliphatic rings. The van der Waals surface area contributed by atoms with Gasteiger partial charge in [0.25, 0.3) is 0 Å². The first-order valence-electron chi connectivity index (χ1n) is 4.86. The molecule has 0 aliphatic heterocycles. The number of imidazole rings is 1. The monoisotopic (exact) mass is 225 g/mol. The lowest BCUT2D eigenvalue weighted by Crippen LogP contribution is -2.18. The van der Waals surface area contributed by atoms with E-state index in [2.05, 4.69) is 15.5 Å². The van der Waals surface area contributed by atoms with Crippen LogP contribution in [0.15, 0.2) is 24.4 Å². The molecule has 0 aromatic carbocycles. The van der Waals surface area contributed by atoms with Crippen LogP contribution in [0.25, 0.3) is 5.52 Å². The van der Waals surface area contributed by atoms with E-state index >= 15 is 0 Å². The van der Waals surface area contributed by atoms with Crippen LogP contribution in [0.3, 0.4) is 0 Å². The maximum Gasteiger partial charge on any atom is 0.110 e. The van der Waals surface area contributed by atoms with Crippen LogP contribution in [0, 0.1) is 6.92 Å². The van der Waals surface area contributed by atoms with E-state index in [9.17, 15) is 0 Å². The number of aryl methyl sites for hydroxylation is 1. The zero-order valence-corrected chi connectivity index (χ0v) is 9.79. The maximum absolute atomic E-state index is 5.78. The third kappa shape index (κ3) is 2.30. The van der Waals surface area contributed by atoms with Crippen molar-refractivity contribution in [3.05, 3.63) is 35.9 Å². The second kappa shape index (κ2) is 4.64. The van der Waals surface area contributed by atoms with Crippen LogP contribution in [0.2, 0.25) is 0 Å². The van der Waals surface area contributed by atoms with Gasteiger partial charge in [-0.1, -0.05) is 6.07 Å². The molecule has 2 rings (SSSR count). The highest BCUT2D eigenvalue weighted by atomic mass is 35.5. The van der Waals surface area contributed by atoms with E-state index in [0.29, 0.717) is 0 Å². The van der Waals surface area contributed by atoms with E-state index in [-0.39, 0.29) is 18.4 Å². The minimum absolute atomic E-state index is 0. The normalized spacial score (nSPS) is 12.5. The van der Waals surface area contributed by atoms with E-state index in [0.717, 1.165) is 17.9 Å². The average Bonchev–Trinajstić information content (AvgIpc) is 2.44. The standard InChI is InChI=1S/C11H15N3.ClH/c1-8(12)7-10-11-5-3-4-6-14(11)9(2)13-10;/h3-6,8H,7,12H2,1-2H3;1H. The van der Waals surface area contributed by atoms with Gasteiger partial charge in [-0.05, 0) is 26.0 Å². The molecule has 2 N–H and O–H groups in total. The summed E-state index contributed by atoms with van der Waals surface area (Å²) in [6, 6.07) is 6.28. The fraction of sp³-hybridized carbons (Fsp3) is 0.364. The largest absolute Gasteiger partial charge is 0.328 e. The topological polar surface area (TPSA) is 43.3 Å². The van der Waals surface area contributed by atoms with Crippen LogP contribution in [-0.4, -0.2) is 15.4 Å². The lowest BCUT2D eigenvalue weighted by molar-refractivity contribution is 0.728. The minimum atomic E-state index is 0. The van der Waals surface area contributed by atoms with Crippen molar-refractivity contribution >= 4 is 17.9 Å². The van der Waals surface area contributed by atoms with Crippen LogP contribution in [0.1, 0.15) is 18.4 Å². The van der Waals surface area contributed by atoms with Gasteiger partial charge in [-0.3, -0.25) is 0 Å². The molecule has 1 unspecified atom stereocenters. The highest BCUT2D eigenvalue weighted by Crippen LogP contribution is 2.13. The zero-order valence-electron chi connectivity index (χ0n) is 8.97. The summed E-state index contributed by atoms with van der Waals surface area (Å²) in [7, 11) is 0. The van der Waals surface area contributed by atoms with Crippen LogP contribution < -0.4 is 5.73 Å². The van der Waals surface area contributed by atoms with Gasteiger partial charge >= 0.3 is 0 Å². The molecule has 82 valence electrons. The smallest absolute Gasteiger partial charge is 0.110 e. The molecule has 0 radical (unpaired) electrons. The molecule has 4 heteroatoms. The number of pyridine rings is 1. The predicted octanol–water partition coefficient (Wildman–Crippen LogP) is 1.95. The fourth-order valence-corrected chi connectivity index (χ4v) is 1.72. The van der Waals surface area contributed by atoms with Gasteiger partial charge < -0.3 is 10.1 Å². The number of hydrogen-bond donors (Lipinski definition) is 1. The van der Waals surface area contributed by atoms with E-state index in [4.69, 9.17) is 5.73 Å². The van der Waals surface area contributed by atoms with Crippen LogP contribution in [0.5, 0.6) is 0 Å². The molecule has 0 saturated heterocycles. The Morgan fingerprint density at radius 2 is 2.20 bits per heavy atom. The molecule has 0 aliphatic carbocycles. The van der Waals surface area contributed by atoms with Gasteiger partial charge in [0, 0.05) is 18.7 Å². The molecule has 0 fully saturated rings. The number of halogens is 1. The van der Waals surface area contributed by atoms with Crippen molar-refractivity contribution < 1.29 is 0 Å². The number of nitrogens with two attached hydrogens (primary N) is 1. The van der Waals surface area contributed by atoms with Gasteiger partial charge in [0.1, 0.15) is 5.82 Å².